The summed E-state index contributed by atoms with van der Waals surface area (Å²) in [7, 11) is 1.93. The number of para-hydroxylation sites is 1. The fraction of sp³-hybridized carbons (Fsp3) is 0.341. The van der Waals surface area contributed by atoms with Crippen LogP contribution in [0.2, 0.25) is 0 Å². The number of rotatable bonds is 8. The minimum atomic E-state index is -0.324. The third-order valence-electron chi connectivity index (χ3n) is 9.45. The number of aromatic nitrogens is 4. The minimum Gasteiger partial charge on any atom is -0.339 e. The number of nitrogens with zero attached hydrogens (tertiary/aromatic N) is 6. The van der Waals surface area contributed by atoms with E-state index < -0.39 is 0 Å². The summed E-state index contributed by atoms with van der Waals surface area (Å²) in [6.45, 7) is 13.7. The summed E-state index contributed by atoms with van der Waals surface area (Å²) in [5.41, 5.74) is 8.01. The first-order valence-corrected chi connectivity index (χ1v) is 17.6. The Morgan fingerprint density at radius 3 is 2.14 bits per heavy atom. The molecule has 0 aliphatic carbocycles. The monoisotopic (exact) mass is 684 g/mol. The predicted molar refractivity (Wildman–Crippen MR) is 204 cm³/mol. The van der Waals surface area contributed by atoms with Crippen LogP contribution in [0, 0.1) is 26.7 Å². The van der Waals surface area contributed by atoms with E-state index in [-0.39, 0.29) is 17.4 Å². The Morgan fingerprint density at radius 1 is 0.843 bits per heavy atom. The van der Waals surface area contributed by atoms with E-state index in [9.17, 15) is 9.59 Å². The second kappa shape index (κ2) is 14.8. The van der Waals surface area contributed by atoms with Gasteiger partial charge < -0.3 is 15.1 Å². The first-order chi connectivity index (χ1) is 24.3. The van der Waals surface area contributed by atoms with Gasteiger partial charge in [-0.3, -0.25) is 10.1 Å². The highest BCUT2D eigenvalue weighted by molar-refractivity contribution is 6.00. The first kappa shape index (κ1) is 35.3. The van der Waals surface area contributed by atoms with E-state index in [2.05, 4.69) is 47.4 Å². The van der Waals surface area contributed by atoms with Crippen molar-refractivity contribution in [3.05, 3.63) is 119 Å². The van der Waals surface area contributed by atoms with E-state index in [1.165, 1.54) is 0 Å². The second-order valence-corrected chi connectivity index (χ2v) is 14.6. The summed E-state index contributed by atoms with van der Waals surface area (Å²) in [5, 5.41) is 11.0. The molecule has 0 radical (unpaired) electrons. The van der Waals surface area contributed by atoms with Crippen molar-refractivity contribution < 1.29 is 9.59 Å². The zero-order chi connectivity index (χ0) is 36.3. The number of anilines is 4. The fourth-order valence-corrected chi connectivity index (χ4v) is 6.44. The molecule has 0 saturated carbocycles. The first-order valence-electron chi connectivity index (χ1n) is 17.6. The van der Waals surface area contributed by atoms with Gasteiger partial charge in [-0.05, 0) is 100 Å². The van der Waals surface area contributed by atoms with Crippen LogP contribution in [0.4, 0.5) is 27.9 Å². The van der Waals surface area contributed by atoms with Crippen molar-refractivity contribution in [3.63, 3.8) is 0 Å². The lowest BCUT2D eigenvalue weighted by atomic mass is 9.89. The Hall–Kier alpha value is -5.51. The lowest BCUT2D eigenvalue weighted by molar-refractivity contribution is 0.0690. The topological polar surface area (TPSA) is 108 Å². The summed E-state index contributed by atoms with van der Waals surface area (Å²) in [6.07, 6.45) is 2.60. The molecule has 3 aromatic carbocycles. The number of urea groups is 1. The van der Waals surface area contributed by atoms with Gasteiger partial charge in [-0.1, -0.05) is 56.7 Å². The van der Waals surface area contributed by atoms with E-state index in [4.69, 9.17) is 5.10 Å². The van der Waals surface area contributed by atoms with Crippen molar-refractivity contribution in [1.29, 1.82) is 0 Å². The van der Waals surface area contributed by atoms with E-state index in [1.807, 2.05) is 116 Å². The van der Waals surface area contributed by atoms with Gasteiger partial charge in [0.1, 0.15) is 5.82 Å². The van der Waals surface area contributed by atoms with Crippen LogP contribution in [0.1, 0.15) is 72.2 Å². The van der Waals surface area contributed by atoms with Crippen LogP contribution < -0.4 is 15.5 Å². The number of likely N-dealkylation sites (tertiary alicyclic amines) is 1. The fourth-order valence-electron chi connectivity index (χ4n) is 6.44. The van der Waals surface area contributed by atoms with Crippen molar-refractivity contribution in [2.45, 2.75) is 66.2 Å². The van der Waals surface area contributed by atoms with Crippen LogP contribution in [0.5, 0.6) is 0 Å². The highest BCUT2D eigenvalue weighted by Gasteiger charge is 2.26. The number of amides is 3. The van der Waals surface area contributed by atoms with Crippen molar-refractivity contribution in [3.8, 4) is 5.69 Å². The highest BCUT2D eigenvalue weighted by Crippen LogP contribution is 2.29. The van der Waals surface area contributed by atoms with Crippen LogP contribution in [0.25, 0.3) is 5.69 Å². The molecule has 2 N–H and O–H groups in total. The average Bonchev–Trinajstić information content (AvgIpc) is 3.53. The van der Waals surface area contributed by atoms with Crippen molar-refractivity contribution >= 4 is 35.1 Å². The van der Waals surface area contributed by atoms with Crippen LogP contribution in [0.3, 0.4) is 0 Å². The molecule has 0 bridgehead atoms. The molecule has 0 spiro atoms. The van der Waals surface area contributed by atoms with E-state index in [0.29, 0.717) is 36.3 Å². The molecule has 51 heavy (non-hydrogen) atoms. The lowest BCUT2D eigenvalue weighted by Gasteiger charge is -2.32. The summed E-state index contributed by atoms with van der Waals surface area (Å²) >= 11 is 0. The second-order valence-electron chi connectivity index (χ2n) is 14.6. The molecule has 1 saturated heterocycles. The third-order valence-corrected chi connectivity index (χ3v) is 9.45. The molecule has 3 heterocycles. The molecule has 1 fully saturated rings. The molecule has 10 heteroatoms. The molecule has 6 rings (SSSR count). The zero-order valence-corrected chi connectivity index (χ0v) is 30.7. The Balaban J connectivity index is 1.06. The predicted octanol–water partition coefficient (Wildman–Crippen LogP) is 8.39. The van der Waals surface area contributed by atoms with Gasteiger partial charge in [0.2, 0.25) is 5.95 Å². The molecule has 0 unspecified atom stereocenters. The number of hydrogen-bond donors (Lipinski definition) is 2. The van der Waals surface area contributed by atoms with Gasteiger partial charge in [-0.25, -0.2) is 19.4 Å². The number of hydrogen-bond acceptors (Lipinski definition) is 6. The third kappa shape index (κ3) is 8.45. The highest BCUT2D eigenvalue weighted by atomic mass is 16.2. The molecule has 10 nitrogen and oxygen atoms in total. The Kier molecular flexibility index (Phi) is 10.2. The van der Waals surface area contributed by atoms with Crippen molar-refractivity contribution in [1.82, 2.24) is 24.6 Å². The molecule has 264 valence electrons. The van der Waals surface area contributed by atoms with Crippen molar-refractivity contribution in [2.24, 2.45) is 5.92 Å². The number of aryl methyl sites for hydroxylation is 3. The Morgan fingerprint density at radius 2 is 1.49 bits per heavy atom. The largest absolute Gasteiger partial charge is 0.339 e. The number of carbonyl (C=O) groups is 2. The summed E-state index contributed by atoms with van der Waals surface area (Å²) in [4.78, 5) is 39.8. The van der Waals surface area contributed by atoms with E-state index in [0.717, 1.165) is 64.5 Å². The number of benzene rings is 3. The molecule has 3 amide bonds. The quantitative estimate of drug-likeness (QED) is 0.170. The van der Waals surface area contributed by atoms with Crippen LogP contribution in [0.15, 0.2) is 84.9 Å². The SMILES string of the molecule is Cc1ccc(-n2nc(C(C)(C)C)cc2NC(=O)Nc2ccccc2CC2CCN(C(=O)c3ccc(N(C)c4nc(C)cc(C)n4)cc3)CC2)cc1. The Labute approximate surface area is 300 Å². The lowest BCUT2D eigenvalue weighted by Crippen LogP contribution is -2.39. The molecule has 5 aromatic rings. The molecular weight excluding hydrogens is 637 g/mol. The summed E-state index contributed by atoms with van der Waals surface area (Å²) < 4.78 is 1.79. The van der Waals surface area contributed by atoms with Gasteiger partial charge in [0.25, 0.3) is 5.91 Å². The maximum atomic E-state index is 13.4. The summed E-state index contributed by atoms with van der Waals surface area (Å²) in [6, 6.07) is 27.3. The average molecular weight is 685 g/mol. The molecule has 1 aliphatic heterocycles. The van der Waals surface area contributed by atoms with Crippen molar-refractivity contribution in [2.75, 3.05) is 35.7 Å². The standard InChI is InChI=1S/C41H48N8O2/c1-27-12-16-34(17-13-27)49-37(26-36(46-49)41(4,5)6)45-40(51)44-35-11-9-8-10-32(35)25-30-20-22-48(23-21-30)38(50)31-14-18-33(19-15-31)47(7)39-42-28(2)24-29(3)43-39/h8-19,24,26,30H,20-23,25H2,1-7H3,(H2,44,45,51). The molecule has 2 aromatic heterocycles. The minimum absolute atomic E-state index is 0.0449. The number of piperidine rings is 1. The smallest absolute Gasteiger partial charge is 0.324 e. The molecular formula is C41H48N8O2. The van der Waals surface area contributed by atoms with Gasteiger partial charge >= 0.3 is 6.03 Å². The summed E-state index contributed by atoms with van der Waals surface area (Å²) in [5.74, 6) is 1.67. The molecule has 1 aliphatic rings. The zero-order valence-electron chi connectivity index (χ0n) is 30.7. The number of carbonyl (C=O) groups excluding carboxylic acids is 2. The van der Waals surface area contributed by atoms with Crippen LogP contribution >= 0.6 is 0 Å². The normalized spacial score (nSPS) is 13.6. The van der Waals surface area contributed by atoms with Crippen LogP contribution in [-0.4, -0.2) is 56.7 Å². The Bertz CT molecular complexity index is 1980. The van der Waals surface area contributed by atoms with Gasteiger partial charge in [0.05, 0.1) is 11.4 Å². The van der Waals surface area contributed by atoms with Gasteiger partial charge in [-0.15, -0.1) is 0 Å². The van der Waals surface area contributed by atoms with Gasteiger partial charge in [0, 0.05) is 59.9 Å². The van der Waals surface area contributed by atoms with Gasteiger partial charge in [-0.2, -0.15) is 5.10 Å². The maximum absolute atomic E-state index is 13.4. The van der Waals surface area contributed by atoms with Crippen LogP contribution in [-0.2, 0) is 11.8 Å². The number of nitrogens with one attached hydrogen (secondary N) is 2. The van der Waals surface area contributed by atoms with E-state index in [1.54, 1.807) is 4.68 Å². The molecule has 0 atom stereocenters. The van der Waals surface area contributed by atoms with Gasteiger partial charge in [0.15, 0.2) is 0 Å². The maximum Gasteiger partial charge on any atom is 0.324 e. The van der Waals surface area contributed by atoms with E-state index >= 15 is 0 Å².